The Labute approximate surface area is 170 Å². The van der Waals surface area contributed by atoms with Gasteiger partial charge >= 0.3 is 0 Å². The summed E-state index contributed by atoms with van der Waals surface area (Å²) in [6, 6.07) is 10.8. The van der Waals surface area contributed by atoms with Crippen LogP contribution in [0.4, 0.5) is 5.69 Å². The molecule has 0 bridgehead atoms. The minimum Gasteiger partial charge on any atom is -0.493 e. The smallest absolute Gasteiger partial charge is 0.258 e. The predicted octanol–water partition coefficient (Wildman–Crippen LogP) is 4.91. The lowest BCUT2D eigenvalue weighted by atomic mass is 10.1. The maximum absolute atomic E-state index is 11.9. The summed E-state index contributed by atoms with van der Waals surface area (Å²) in [6.45, 7) is 6.11. The maximum Gasteiger partial charge on any atom is 0.258 e. The van der Waals surface area contributed by atoms with Gasteiger partial charge in [0.25, 0.3) is 5.91 Å². The Bertz CT molecular complexity index is 787. The van der Waals surface area contributed by atoms with E-state index in [0.29, 0.717) is 28.1 Å². The summed E-state index contributed by atoms with van der Waals surface area (Å²) in [5, 5.41) is 7.31. The van der Waals surface area contributed by atoms with E-state index >= 15 is 0 Å². The Morgan fingerprint density at radius 2 is 1.74 bits per heavy atom. The first-order valence-corrected chi connectivity index (χ1v) is 9.23. The second-order valence-corrected chi connectivity index (χ2v) is 7.89. The lowest BCUT2D eigenvalue weighted by Gasteiger charge is -2.21. The van der Waals surface area contributed by atoms with Crippen LogP contribution in [0.15, 0.2) is 36.4 Å². The highest BCUT2D eigenvalue weighted by molar-refractivity contribution is 6.31. The molecule has 0 atom stereocenters. The molecule has 2 aromatic carbocycles. The number of ether oxygens (including phenoxy) is 2. The van der Waals surface area contributed by atoms with Gasteiger partial charge in [-0.2, -0.15) is 0 Å². The zero-order valence-electron chi connectivity index (χ0n) is 15.9. The molecular formula is C20H24Cl2N2O3. The van der Waals surface area contributed by atoms with Crippen LogP contribution in [-0.2, 0) is 11.3 Å². The highest BCUT2D eigenvalue weighted by atomic mass is 35.5. The number of rotatable bonds is 7. The van der Waals surface area contributed by atoms with Gasteiger partial charge in [-0.3, -0.25) is 4.79 Å². The van der Waals surface area contributed by atoms with E-state index in [1.54, 1.807) is 19.2 Å². The van der Waals surface area contributed by atoms with Crippen LogP contribution in [0.1, 0.15) is 26.3 Å². The van der Waals surface area contributed by atoms with E-state index < -0.39 is 0 Å². The molecule has 2 rings (SSSR count). The van der Waals surface area contributed by atoms with E-state index in [1.165, 1.54) is 0 Å². The molecule has 0 spiro atoms. The SMILES string of the molecule is COc1cc(CNc2ccc(Cl)cc2)c(Cl)cc1OCC(=O)NC(C)(C)C. The molecule has 2 aromatic rings. The Kier molecular flexibility index (Phi) is 7.22. The lowest BCUT2D eigenvalue weighted by Crippen LogP contribution is -2.43. The first-order valence-electron chi connectivity index (χ1n) is 8.47. The number of hydrogen-bond acceptors (Lipinski definition) is 4. The summed E-state index contributed by atoms with van der Waals surface area (Å²) >= 11 is 12.3. The van der Waals surface area contributed by atoms with E-state index in [0.717, 1.165) is 11.3 Å². The second-order valence-electron chi connectivity index (χ2n) is 7.04. The molecule has 2 N–H and O–H groups in total. The van der Waals surface area contributed by atoms with Crippen molar-refractivity contribution in [3.8, 4) is 11.5 Å². The monoisotopic (exact) mass is 410 g/mol. The average Bonchev–Trinajstić information content (AvgIpc) is 2.59. The van der Waals surface area contributed by atoms with Crippen molar-refractivity contribution in [2.45, 2.75) is 32.9 Å². The number of methoxy groups -OCH3 is 1. The first-order chi connectivity index (χ1) is 12.7. The van der Waals surface area contributed by atoms with E-state index in [1.807, 2.05) is 45.0 Å². The van der Waals surface area contributed by atoms with Crippen molar-refractivity contribution in [2.75, 3.05) is 19.0 Å². The van der Waals surface area contributed by atoms with Crippen molar-refractivity contribution in [3.63, 3.8) is 0 Å². The fraction of sp³-hybridized carbons (Fsp3) is 0.350. The lowest BCUT2D eigenvalue weighted by molar-refractivity contribution is -0.124. The number of halogens is 2. The fourth-order valence-electron chi connectivity index (χ4n) is 2.35. The normalized spacial score (nSPS) is 11.0. The molecular weight excluding hydrogens is 387 g/mol. The minimum absolute atomic E-state index is 0.119. The molecule has 7 heteroatoms. The van der Waals surface area contributed by atoms with E-state index in [-0.39, 0.29) is 18.1 Å². The molecule has 27 heavy (non-hydrogen) atoms. The molecule has 5 nitrogen and oxygen atoms in total. The van der Waals surface area contributed by atoms with Gasteiger partial charge in [-0.15, -0.1) is 0 Å². The van der Waals surface area contributed by atoms with Crippen LogP contribution in [0, 0.1) is 0 Å². The number of amides is 1. The fourth-order valence-corrected chi connectivity index (χ4v) is 2.69. The summed E-state index contributed by atoms with van der Waals surface area (Å²) in [7, 11) is 1.54. The van der Waals surface area contributed by atoms with Crippen molar-refractivity contribution in [3.05, 3.63) is 52.0 Å². The van der Waals surface area contributed by atoms with E-state index in [9.17, 15) is 4.79 Å². The first kappa shape index (κ1) is 21.2. The number of nitrogens with one attached hydrogen (secondary N) is 2. The second kappa shape index (κ2) is 9.20. The zero-order valence-corrected chi connectivity index (χ0v) is 17.4. The van der Waals surface area contributed by atoms with Gasteiger partial charge in [-0.05, 0) is 56.7 Å². The van der Waals surface area contributed by atoms with Gasteiger partial charge in [0.15, 0.2) is 18.1 Å². The van der Waals surface area contributed by atoms with Gasteiger partial charge < -0.3 is 20.1 Å². The van der Waals surface area contributed by atoms with Gasteiger partial charge in [0.1, 0.15) is 0 Å². The van der Waals surface area contributed by atoms with Crippen LogP contribution < -0.4 is 20.1 Å². The van der Waals surface area contributed by atoms with Crippen LogP contribution in [0.2, 0.25) is 10.0 Å². The summed E-state index contributed by atoms with van der Waals surface area (Å²) < 4.78 is 11.0. The van der Waals surface area contributed by atoms with E-state index in [2.05, 4.69) is 10.6 Å². The minimum atomic E-state index is -0.320. The molecule has 0 radical (unpaired) electrons. The summed E-state index contributed by atoms with van der Waals surface area (Å²) in [4.78, 5) is 11.9. The highest BCUT2D eigenvalue weighted by Gasteiger charge is 2.16. The van der Waals surface area contributed by atoms with Crippen molar-refractivity contribution < 1.29 is 14.3 Å². The maximum atomic E-state index is 11.9. The Balaban J connectivity index is 2.05. The van der Waals surface area contributed by atoms with Crippen molar-refractivity contribution in [1.82, 2.24) is 5.32 Å². The summed E-state index contributed by atoms with van der Waals surface area (Å²) in [5.74, 6) is 0.715. The standard InChI is InChI=1S/C20H24Cl2N2O3/c1-20(2,3)24-19(25)12-27-18-10-16(22)13(9-17(18)26-4)11-23-15-7-5-14(21)6-8-15/h5-10,23H,11-12H2,1-4H3,(H,24,25). The van der Waals surface area contributed by atoms with Crippen LogP contribution in [0.25, 0.3) is 0 Å². The zero-order chi connectivity index (χ0) is 20.0. The number of benzene rings is 2. The average molecular weight is 411 g/mol. The Morgan fingerprint density at radius 3 is 2.33 bits per heavy atom. The molecule has 0 heterocycles. The number of carbonyl (C=O) groups excluding carboxylic acids is 1. The summed E-state index contributed by atoms with van der Waals surface area (Å²) in [5.41, 5.74) is 1.45. The molecule has 0 aliphatic carbocycles. The van der Waals surface area contributed by atoms with Crippen molar-refractivity contribution in [2.24, 2.45) is 0 Å². The molecule has 1 amide bonds. The third-order valence-corrected chi connectivity index (χ3v) is 4.14. The molecule has 0 aliphatic heterocycles. The quantitative estimate of drug-likeness (QED) is 0.680. The van der Waals surface area contributed by atoms with Gasteiger partial charge in [-0.1, -0.05) is 23.2 Å². The third kappa shape index (κ3) is 6.85. The molecule has 0 aromatic heterocycles. The molecule has 146 valence electrons. The van der Waals surface area contributed by atoms with Gasteiger partial charge in [-0.25, -0.2) is 0 Å². The summed E-state index contributed by atoms with van der Waals surface area (Å²) in [6.07, 6.45) is 0. The Hall–Kier alpha value is -2.11. The molecule has 0 saturated carbocycles. The number of anilines is 1. The van der Waals surface area contributed by atoms with Crippen LogP contribution in [-0.4, -0.2) is 25.2 Å². The largest absolute Gasteiger partial charge is 0.493 e. The molecule has 0 unspecified atom stereocenters. The molecule has 0 fully saturated rings. The molecule has 0 saturated heterocycles. The topological polar surface area (TPSA) is 59.6 Å². The predicted molar refractivity (Wildman–Crippen MR) is 110 cm³/mol. The van der Waals surface area contributed by atoms with Crippen LogP contribution >= 0.6 is 23.2 Å². The number of carbonyl (C=O) groups is 1. The van der Waals surface area contributed by atoms with Crippen molar-refractivity contribution >= 4 is 34.8 Å². The van der Waals surface area contributed by atoms with Crippen LogP contribution in [0.3, 0.4) is 0 Å². The van der Waals surface area contributed by atoms with Gasteiger partial charge in [0.05, 0.1) is 7.11 Å². The Morgan fingerprint density at radius 1 is 1.07 bits per heavy atom. The van der Waals surface area contributed by atoms with Gasteiger partial charge in [0.2, 0.25) is 0 Å². The highest BCUT2D eigenvalue weighted by Crippen LogP contribution is 2.33. The van der Waals surface area contributed by atoms with Gasteiger partial charge in [0, 0.05) is 33.9 Å². The van der Waals surface area contributed by atoms with Crippen LogP contribution in [0.5, 0.6) is 11.5 Å². The van der Waals surface area contributed by atoms with E-state index in [4.69, 9.17) is 32.7 Å². The van der Waals surface area contributed by atoms with Crippen molar-refractivity contribution in [1.29, 1.82) is 0 Å². The third-order valence-electron chi connectivity index (χ3n) is 3.53. The molecule has 0 aliphatic rings. The number of hydrogen-bond donors (Lipinski definition) is 2.